The summed E-state index contributed by atoms with van der Waals surface area (Å²) >= 11 is 1.35. The van der Waals surface area contributed by atoms with Crippen molar-refractivity contribution in [2.24, 2.45) is 0 Å². The number of carbonyl (C=O) groups excluding carboxylic acids is 3. The van der Waals surface area contributed by atoms with Crippen molar-refractivity contribution in [2.45, 2.75) is 32.4 Å². The maximum atomic E-state index is 12.6. The van der Waals surface area contributed by atoms with Gasteiger partial charge in [-0.3, -0.25) is 9.59 Å². The molecule has 2 heterocycles. The van der Waals surface area contributed by atoms with Gasteiger partial charge >= 0.3 is 5.97 Å². The van der Waals surface area contributed by atoms with E-state index in [4.69, 9.17) is 9.47 Å². The standard InChI is InChI=1S/C22H26N2O5S/c1-3-28-17-10-8-16(9-11-17)14-23(2)20(25)15-29-22(27)18-6-4-12-24(18)21(26)19-7-5-13-30-19/h5,7-11,13,18H,3-4,6,12,14-15H2,1-2H3. The Morgan fingerprint density at radius 2 is 1.97 bits per heavy atom. The molecule has 0 N–H and O–H groups in total. The van der Waals surface area contributed by atoms with Crippen LogP contribution in [0, 0.1) is 0 Å². The summed E-state index contributed by atoms with van der Waals surface area (Å²) in [6, 6.07) is 10.4. The van der Waals surface area contributed by atoms with Crippen LogP contribution in [-0.4, -0.2) is 60.4 Å². The summed E-state index contributed by atoms with van der Waals surface area (Å²) < 4.78 is 10.7. The molecule has 2 aromatic rings. The first-order valence-corrected chi connectivity index (χ1v) is 10.8. The number of likely N-dealkylation sites (tertiary alicyclic amines) is 1. The Morgan fingerprint density at radius 3 is 2.63 bits per heavy atom. The quantitative estimate of drug-likeness (QED) is 0.602. The van der Waals surface area contributed by atoms with Gasteiger partial charge in [-0.1, -0.05) is 18.2 Å². The highest BCUT2D eigenvalue weighted by Gasteiger charge is 2.36. The zero-order valence-electron chi connectivity index (χ0n) is 17.2. The number of hydrogen-bond donors (Lipinski definition) is 0. The molecular weight excluding hydrogens is 404 g/mol. The van der Waals surface area contributed by atoms with Crippen molar-refractivity contribution < 1.29 is 23.9 Å². The molecule has 1 saturated heterocycles. The number of benzene rings is 1. The van der Waals surface area contributed by atoms with Crippen LogP contribution >= 0.6 is 11.3 Å². The van der Waals surface area contributed by atoms with Crippen LogP contribution in [-0.2, 0) is 20.9 Å². The van der Waals surface area contributed by atoms with Gasteiger partial charge in [0.05, 0.1) is 11.5 Å². The second-order valence-corrected chi connectivity index (χ2v) is 8.02. The summed E-state index contributed by atoms with van der Waals surface area (Å²) in [5.41, 5.74) is 0.948. The molecule has 0 spiro atoms. The molecule has 160 valence electrons. The number of likely N-dealkylation sites (N-methyl/N-ethyl adjacent to an activating group) is 1. The van der Waals surface area contributed by atoms with Crippen LogP contribution in [0.3, 0.4) is 0 Å². The zero-order valence-corrected chi connectivity index (χ0v) is 18.0. The van der Waals surface area contributed by atoms with Crippen molar-refractivity contribution >= 4 is 29.1 Å². The number of thiophene rings is 1. The summed E-state index contributed by atoms with van der Waals surface area (Å²) in [5, 5.41) is 1.83. The molecule has 0 aliphatic carbocycles. The van der Waals surface area contributed by atoms with Crippen molar-refractivity contribution in [3.8, 4) is 5.75 Å². The normalized spacial score (nSPS) is 15.7. The minimum absolute atomic E-state index is 0.164. The SMILES string of the molecule is CCOc1ccc(CN(C)C(=O)COC(=O)C2CCCN2C(=O)c2cccs2)cc1. The predicted molar refractivity (Wildman–Crippen MR) is 113 cm³/mol. The number of hydrogen-bond acceptors (Lipinski definition) is 6. The van der Waals surface area contributed by atoms with Crippen LogP contribution in [0.25, 0.3) is 0 Å². The molecule has 3 rings (SSSR count). The van der Waals surface area contributed by atoms with E-state index < -0.39 is 12.0 Å². The largest absolute Gasteiger partial charge is 0.494 e. The highest BCUT2D eigenvalue weighted by Crippen LogP contribution is 2.23. The topological polar surface area (TPSA) is 76.2 Å². The van der Waals surface area contributed by atoms with Gasteiger partial charge in [-0.05, 0) is 48.9 Å². The van der Waals surface area contributed by atoms with Gasteiger partial charge in [0.1, 0.15) is 11.8 Å². The van der Waals surface area contributed by atoms with E-state index in [9.17, 15) is 14.4 Å². The van der Waals surface area contributed by atoms with E-state index in [1.54, 1.807) is 24.1 Å². The van der Waals surface area contributed by atoms with Crippen LogP contribution in [0.1, 0.15) is 35.0 Å². The summed E-state index contributed by atoms with van der Waals surface area (Å²) in [7, 11) is 1.66. The fourth-order valence-electron chi connectivity index (χ4n) is 3.36. The zero-order chi connectivity index (χ0) is 21.5. The van der Waals surface area contributed by atoms with Crippen LogP contribution in [0.4, 0.5) is 0 Å². The van der Waals surface area contributed by atoms with Crippen molar-refractivity contribution in [1.29, 1.82) is 0 Å². The lowest BCUT2D eigenvalue weighted by molar-refractivity contribution is -0.154. The Labute approximate surface area is 180 Å². The number of ether oxygens (including phenoxy) is 2. The average molecular weight is 431 g/mol. The predicted octanol–water partition coefficient (Wildman–Crippen LogP) is 2.95. The molecule has 1 aromatic carbocycles. The third-order valence-corrected chi connectivity index (χ3v) is 5.79. The van der Waals surface area contributed by atoms with E-state index in [2.05, 4.69) is 0 Å². The number of nitrogens with zero attached hydrogens (tertiary/aromatic N) is 2. The molecule has 0 radical (unpaired) electrons. The minimum Gasteiger partial charge on any atom is -0.494 e. The Kier molecular flexibility index (Phi) is 7.46. The van der Waals surface area contributed by atoms with Crippen LogP contribution in [0.5, 0.6) is 5.75 Å². The van der Waals surface area contributed by atoms with Gasteiger partial charge in [0.15, 0.2) is 6.61 Å². The van der Waals surface area contributed by atoms with E-state index in [1.165, 1.54) is 16.2 Å². The Morgan fingerprint density at radius 1 is 1.20 bits per heavy atom. The maximum absolute atomic E-state index is 12.6. The molecule has 0 bridgehead atoms. The maximum Gasteiger partial charge on any atom is 0.329 e. The monoisotopic (exact) mass is 430 g/mol. The summed E-state index contributed by atoms with van der Waals surface area (Å²) in [5.74, 6) is -0.211. The Balaban J connectivity index is 1.49. The number of rotatable bonds is 8. The van der Waals surface area contributed by atoms with Crippen molar-refractivity contribution in [2.75, 3.05) is 26.8 Å². The average Bonchev–Trinajstić information content (AvgIpc) is 3.45. The first-order chi connectivity index (χ1) is 14.5. The molecule has 1 fully saturated rings. The van der Waals surface area contributed by atoms with Gasteiger partial charge in [-0.25, -0.2) is 4.79 Å². The van der Waals surface area contributed by atoms with E-state index >= 15 is 0 Å². The molecule has 0 saturated carbocycles. The lowest BCUT2D eigenvalue weighted by Crippen LogP contribution is -2.42. The van der Waals surface area contributed by atoms with Crippen molar-refractivity contribution in [3.05, 3.63) is 52.2 Å². The minimum atomic E-state index is -0.635. The van der Waals surface area contributed by atoms with Crippen LogP contribution < -0.4 is 4.74 Å². The van der Waals surface area contributed by atoms with Gasteiger partial charge in [-0.15, -0.1) is 11.3 Å². The summed E-state index contributed by atoms with van der Waals surface area (Å²) in [6.45, 7) is 3.09. The molecule has 1 aromatic heterocycles. The highest BCUT2D eigenvalue weighted by molar-refractivity contribution is 7.12. The summed E-state index contributed by atoms with van der Waals surface area (Å²) in [4.78, 5) is 41.1. The Bertz CT molecular complexity index is 866. The Hall–Kier alpha value is -2.87. The fraction of sp³-hybridized carbons (Fsp3) is 0.409. The lowest BCUT2D eigenvalue weighted by Gasteiger charge is -2.23. The second kappa shape index (κ2) is 10.2. The third-order valence-electron chi connectivity index (χ3n) is 4.94. The molecule has 1 aliphatic heterocycles. The van der Waals surface area contributed by atoms with E-state index in [1.807, 2.05) is 36.6 Å². The van der Waals surface area contributed by atoms with Gasteiger partial charge in [0.25, 0.3) is 11.8 Å². The number of esters is 1. The third kappa shape index (κ3) is 5.38. The molecular formula is C22H26N2O5S. The molecule has 7 nitrogen and oxygen atoms in total. The van der Waals surface area contributed by atoms with Gasteiger partial charge in [-0.2, -0.15) is 0 Å². The molecule has 1 atom stereocenters. The smallest absolute Gasteiger partial charge is 0.329 e. The van der Waals surface area contributed by atoms with Gasteiger partial charge < -0.3 is 19.3 Å². The fourth-order valence-corrected chi connectivity index (χ4v) is 4.03. The van der Waals surface area contributed by atoms with Crippen molar-refractivity contribution in [3.63, 3.8) is 0 Å². The molecule has 30 heavy (non-hydrogen) atoms. The van der Waals surface area contributed by atoms with E-state index in [-0.39, 0.29) is 18.4 Å². The first kappa shape index (κ1) is 21.8. The highest BCUT2D eigenvalue weighted by atomic mass is 32.1. The van der Waals surface area contributed by atoms with E-state index in [0.717, 1.165) is 17.7 Å². The van der Waals surface area contributed by atoms with Crippen LogP contribution in [0.2, 0.25) is 0 Å². The molecule has 1 unspecified atom stereocenters. The lowest BCUT2D eigenvalue weighted by atomic mass is 10.2. The second-order valence-electron chi connectivity index (χ2n) is 7.07. The number of amides is 2. The first-order valence-electron chi connectivity index (χ1n) is 9.96. The molecule has 1 aliphatic rings. The number of carbonyl (C=O) groups is 3. The van der Waals surface area contributed by atoms with Crippen molar-refractivity contribution in [1.82, 2.24) is 9.80 Å². The van der Waals surface area contributed by atoms with Gasteiger partial charge in [0.2, 0.25) is 0 Å². The van der Waals surface area contributed by atoms with E-state index in [0.29, 0.717) is 31.0 Å². The molecule has 8 heteroatoms. The summed E-state index contributed by atoms with van der Waals surface area (Å²) in [6.07, 6.45) is 1.29. The molecule has 2 amide bonds. The van der Waals surface area contributed by atoms with Gasteiger partial charge in [0, 0.05) is 20.1 Å². The van der Waals surface area contributed by atoms with Crippen LogP contribution in [0.15, 0.2) is 41.8 Å².